The second kappa shape index (κ2) is 70.2. The van der Waals surface area contributed by atoms with Crippen molar-refractivity contribution in [1.29, 1.82) is 0 Å². The molecule has 0 aromatic rings. The van der Waals surface area contributed by atoms with Gasteiger partial charge in [-0.1, -0.05) is 320 Å². The van der Waals surface area contributed by atoms with Gasteiger partial charge in [-0.15, -0.1) is 0 Å². The molecule has 19 heteroatoms. The van der Waals surface area contributed by atoms with Crippen LogP contribution in [-0.2, 0) is 65.4 Å². The fourth-order valence-corrected chi connectivity index (χ4v) is 12.2. The van der Waals surface area contributed by atoms with Crippen LogP contribution in [0.25, 0.3) is 0 Å². The Morgan fingerprint density at radius 2 is 0.542 bits per heavy atom. The number of phosphoric ester groups is 2. The first-order chi connectivity index (χ1) is 46.7. The van der Waals surface area contributed by atoms with Gasteiger partial charge in [-0.2, -0.15) is 0 Å². The third kappa shape index (κ3) is 69.2. The van der Waals surface area contributed by atoms with Crippen LogP contribution in [0.4, 0.5) is 0 Å². The minimum Gasteiger partial charge on any atom is -0.462 e. The Kier molecular flexibility index (Phi) is 67.8. The molecule has 0 aromatic carbocycles. The Bertz CT molecular complexity index is 2060. The number of rotatable bonds is 73. The molecule has 5 atom stereocenters. The molecule has 17 nitrogen and oxygen atoms in total. The molecule has 0 spiro atoms. The van der Waals surface area contributed by atoms with Gasteiger partial charge in [0.1, 0.15) is 19.3 Å². The van der Waals surface area contributed by atoms with Crippen LogP contribution >= 0.6 is 15.6 Å². The van der Waals surface area contributed by atoms with E-state index in [1.807, 2.05) is 12.2 Å². The minimum absolute atomic E-state index is 0.0881. The second-order valence-corrected chi connectivity index (χ2v) is 28.8. The average Bonchev–Trinajstić information content (AvgIpc) is 1.17. The van der Waals surface area contributed by atoms with Crippen LogP contribution in [0.15, 0.2) is 60.8 Å². The molecule has 0 aromatic heterocycles. The van der Waals surface area contributed by atoms with E-state index in [4.69, 9.17) is 37.0 Å². The zero-order chi connectivity index (χ0) is 70.4. The van der Waals surface area contributed by atoms with Gasteiger partial charge in [0.15, 0.2) is 12.2 Å². The number of carbonyl (C=O) groups excluding carboxylic acids is 4. The number of hydrogen-bond donors (Lipinski definition) is 3. The lowest BCUT2D eigenvalue weighted by atomic mass is 10.0. The van der Waals surface area contributed by atoms with Crippen LogP contribution in [0.3, 0.4) is 0 Å². The van der Waals surface area contributed by atoms with Crippen LogP contribution in [0, 0.1) is 0 Å². The van der Waals surface area contributed by atoms with Crippen LogP contribution in [0.5, 0.6) is 0 Å². The van der Waals surface area contributed by atoms with Crippen LogP contribution in [0.2, 0.25) is 0 Å². The molecular formula is C77H140O17P2. The quantitative estimate of drug-likeness (QED) is 0.0169. The van der Waals surface area contributed by atoms with E-state index in [1.54, 1.807) is 0 Å². The van der Waals surface area contributed by atoms with Crippen LogP contribution in [0.1, 0.15) is 349 Å². The van der Waals surface area contributed by atoms with Gasteiger partial charge in [0, 0.05) is 25.7 Å². The third-order valence-electron chi connectivity index (χ3n) is 16.5. The van der Waals surface area contributed by atoms with Crippen molar-refractivity contribution in [3.8, 4) is 0 Å². The molecule has 96 heavy (non-hydrogen) atoms. The van der Waals surface area contributed by atoms with Gasteiger partial charge in [-0.3, -0.25) is 37.3 Å². The Morgan fingerprint density at radius 3 is 0.833 bits per heavy atom. The highest BCUT2D eigenvalue weighted by Crippen LogP contribution is 2.45. The van der Waals surface area contributed by atoms with Crippen molar-refractivity contribution in [3.63, 3.8) is 0 Å². The molecule has 560 valence electrons. The predicted molar refractivity (Wildman–Crippen MR) is 390 cm³/mol. The molecular weight excluding hydrogens is 1260 g/mol. The van der Waals surface area contributed by atoms with E-state index in [-0.39, 0.29) is 25.7 Å². The molecule has 0 saturated carbocycles. The summed E-state index contributed by atoms with van der Waals surface area (Å²) < 4.78 is 68.4. The van der Waals surface area contributed by atoms with Gasteiger partial charge < -0.3 is 33.8 Å². The normalized spacial score (nSPS) is 14.3. The number of unbranched alkanes of at least 4 members (excludes halogenated alkanes) is 37. The van der Waals surface area contributed by atoms with Crippen molar-refractivity contribution in [3.05, 3.63) is 60.8 Å². The maximum absolute atomic E-state index is 13.1. The molecule has 0 aliphatic rings. The number of aliphatic hydroxyl groups excluding tert-OH is 1. The largest absolute Gasteiger partial charge is 0.472 e. The van der Waals surface area contributed by atoms with Crippen molar-refractivity contribution < 1.29 is 80.2 Å². The maximum Gasteiger partial charge on any atom is 0.472 e. The summed E-state index contributed by atoms with van der Waals surface area (Å²) in [7, 11) is -9.94. The Balaban J connectivity index is 5.32. The summed E-state index contributed by atoms with van der Waals surface area (Å²) >= 11 is 0. The van der Waals surface area contributed by atoms with Crippen LogP contribution in [-0.4, -0.2) is 96.7 Å². The van der Waals surface area contributed by atoms with E-state index in [9.17, 15) is 43.2 Å². The molecule has 0 heterocycles. The summed E-state index contributed by atoms with van der Waals surface area (Å²) in [5, 5.41) is 10.6. The summed E-state index contributed by atoms with van der Waals surface area (Å²) in [6, 6.07) is 0. The second-order valence-electron chi connectivity index (χ2n) is 25.9. The number of hydrogen-bond acceptors (Lipinski definition) is 15. The van der Waals surface area contributed by atoms with Gasteiger partial charge >= 0.3 is 39.5 Å². The Labute approximate surface area is 584 Å². The van der Waals surface area contributed by atoms with E-state index in [2.05, 4.69) is 76.3 Å². The van der Waals surface area contributed by atoms with E-state index in [1.165, 1.54) is 161 Å². The summed E-state index contributed by atoms with van der Waals surface area (Å²) in [5.41, 5.74) is 0. The highest BCUT2D eigenvalue weighted by atomic mass is 31.2. The van der Waals surface area contributed by atoms with E-state index >= 15 is 0 Å². The average molecular weight is 1400 g/mol. The fourth-order valence-electron chi connectivity index (χ4n) is 10.7. The van der Waals surface area contributed by atoms with Crippen LogP contribution < -0.4 is 0 Å². The third-order valence-corrected chi connectivity index (χ3v) is 18.4. The SMILES string of the molecule is CC/C=C\C/C=C\C/C=C\C/C=C\C/C=C\CCCC(=O)OCC(COP(=O)(O)OCC(O)COP(=O)(O)OCC(COC(=O)CCCCCCCCCCCCCCCCC)OC(=O)CCCCCCCCCCCCC)OC(=O)CCCCCCCCCCCCCCC. The fraction of sp³-hybridized carbons (Fsp3) is 0.818. The molecule has 0 bridgehead atoms. The van der Waals surface area contributed by atoms with E-state index < -0.39 is 97.5 Å². The number of carbonyl (C=O) groups is 4. The Hall–Kier alpha value is -3.24. The lowest BCUT2D eigenvalue weighted by Crippen LogP contribution is -2.30. The van der Waals surface area contributed by atoms with Gasteiger partial charge in [0.2, 0.25) is 0 Å². The molecule has 3 N–H and O–H groups in total. The predicted octanol–water partition coefficient (Wildman–Crippen LogP) is 21.9. The zero-order valence-electron chi connectivity index (χ0n) is 61.1. The van der Waals surface area contributed by atoms with E-state index in [0.29, 0.717) is 32.1 Å². The van der Waals surface area contributed by atoms with Gasteiger partial charge in [0.05, 0.1) is 26.4 Å². The molecule has 0 aliphatic carbocycles. The van der Waals surface area contributed by atoms with Gasteiger partial charge in [0.25, 0.3) is 0 Å². The first-order valence-electron chi connectivity index (χ1n) is 38.5. The lowest BCUT2D eigenvalue weighted by molar-refractivity contribution is -0.161. The summed E-state index contributed by atoms with van der Waals surface area (Å²) in [6.45, 7) is 4.75. The number of allylic oxidation sites excluding steroid dienone is 10. The molecule has 0 fully saturated rings. The highest BCUT2D eigenvalue weighted by Gasteiger charge is 2.30. The molecule has 0 rings (SSSR count). The summed E-state index contributed by atoms with van der Waals surface area (Å²) in [6.07, 6.45) is 67.9. The standard InChI is InChI=1S/C77H140O17P2/c1-5-9-13-17-21-25-29-32-34-35-37-40-43-46-50-54-58-62-75(80)88-68-73(94-77(82)64-60-56-52-48-44-38-31-27-23-19-15-11-7-3)70-92-96(85,86)90-66-71(78)65-89-95(83,84)91-69-72(93-76(81)63-59-55-51-47-41-28-24-20-16-12-8-4)67-87-74(79)61-57-53-49-45-42-39-36-33-30-26-22-18-14-10-6-2/h9,13,21,25,32,34,37,40,46,50,71-73,78H,5-8,10-12,14-20,22-24,26-31,33,35-36,38-39,41-45,47-49,51-70H2,1-4H3,(H,83,84)(H,85,86)/b13-9-,25-21-,34-32-,40-37-,50-46-. The van der Waals surface area contributed by atoms with Crippen molar-refractivity contribution in [2.24, 2.45) is 0 Å². The Morgan fingerprint density at radius 1 is 0.302 bits per heavy atom. The number of esters is 4. The molecule has 5 unspecified atom stereocenters. The van der Waals surface area contributed by atoms with Crippen molar-refractivity contribution in [1.82, 2.24) is 0 Å². The monoisotopic (exact) mass is 1400 g/mol. The lowest BCUT2D eigenvalue weighted by Gasteiger charge is -2.21. The number of ether oxygens (including phenoxy) is 4. The number of aliphatic hydroxyl groups is 1. The van der Waals surface area contributed by atoms with Crippen molar-refractivity contribution in [2.75, 3.05) is 39.6 Å². The number of phosphoric acid groups is 2. The first kappa shape index (κ1) is 92.8. The summed E-state index contributed by atoms with van der Waals surface area (Å²) in [5.74, 6) is -2.21. The summed E-state index contributed by atoms with van der Waals surface area (Å²) in [4.78, 5) is 72.8. The van der Waals surface area contributed by atoms with Crippen molar-refractivity contribution in [2.45, 2.75) is 367 Å². The van der Waals surface area contributed by atoms with Gasteiger partial charge in [-0.25, -0.2) is 9.13 Å². The maximum atomic E-state index is 13.1. The molecule has 0 amide bonds. The first-order valence-corrected chi connectivity index (χ1v) is 41.5. The molecule has 0 radical (unpaired) electrons. The van der Waals surface area contributed by atoms with Crippen molar-refractivity contribution >= 4 is 39.5 Å². The topological polar surface area (TPSA) is 237 Å². The molecule has 0 aliphatic heterocycles. The van der Waals surface area contributed by atoms with Gasteiger partial charge in [-0.05, 0) is 64.2 Å². The smallest absolute Gasteiger partial charge is 0.462 e. The molecule has 0 saturated heterocycles. The van der Waals surface area contributed by atoms with E-state index in [0.717, 1.165) is 103 Å². The minimum atomic E-state index is -4.98. The zero-order valence-corrected chi connectivity index (χ0v) is 62.8. The highest BCUT2D eigenvalue weighted by molar-refractivity contribution is 7.47.